The third kappa shape index (κ3) is 6.90. The molecule has 0 radical (unpaired) electrons. The van der Waals surface area contributed by atoms with Gasteiger partial charge in [-0.05, 0) is 57.2 Å². The van der Waals surface area contributed by atoms with E-state index in [0.717, 1.165) is 4.90 Å². The predicted molar refractivity (Wildman–Crippen MR) is 107 cm³/mol. The maximum atomic E-state index is 12.1. The van der Waals surface area contributed by atoms with Gasteiger partial charge in [-0.2, -0.15) is 0 Å². The Hall–Kier alpha value is -2.60. The van der Waals surface area contributed by atoms with E-state index in [1.165, 1.54) is 19.4 Å². The summed E-state index contributed by atoms with van der Waals surface area (Å²) in [6, 6.07) is 14.6. The van der Waals surface area contributed by atoms with E-state index >= 15 is 0 Å². The average Bonchev–Trinajstić information content (AvgIpc) is 2.63. The van der Waals surface area contributed by atoms with E-state index in [4.69, 9.17) is 4.74 Å². The fraction of sp³-hybridized carbons (Fsp3) is 0.286. The first kappa shape index (κ1) is 20.7. The highest BCUT2D eigenvalue weighted by Crippen LogP contribution is 2.19. The van der Waals surface area contributed by atoms with Crippen LogP contribution in [0.3, 0.4) is 0 Å². The van der Waals surface area contributed by atoms with Gasteiger partial charge >= 0.3 is 5.97 Å². The predicted octanol–water partition coefficient (Wildman–Crippen LogP) is 4.25. The van der Waals surface area contributed by atoms with E-state index in [-0.39, 0.29) is 12.2 Å². The molecule has 0 aliphatic rings. The molecule has 0 aliphatic carbocycles. The number of benzene rings is 2. The van der Waals surface area contributed by atoms with E-state index in [1.54, 1.807) is 36.0 Å². The van der Waals surface area contributed by atoms with Crippen LogP contribution in [0.4, 0.5) is 5.69 Å². The second-order valence-corrected chi connectivity index (χ2v) is 7.33. The molecule has 1 amide bonds. The van der Waals surface area contributed by atoms with Crippen LogP contribution in [0, 0.1) is 6.92 Å². The van der Waals surface area contributed by atoms with Crippen LogP contribution in [0.15, 0.2) is 53.4 Å². The maximum absolute atomic E-state index is 12.1. The molecule has 0 spiro atoms. The van der Waals surface area contributed by atoms with Gasteiger partial charge in [0.25, 0.3) is 5.91 Å². The summed E-state index contributed by atoms with van der Waals surface area (Å²) in [5.41, 5.74) is 2.30. The minimum atomic E-state index is -0.894. The topological polar surface area (TPSA) is 72.5 Å². The number of anilines is 1. The Balaban J connectivity index is 1.75. The molecule has 1 N–H and O–H groups in total. The fourth-order valence-electron chi connectivity index (χ4n) is 2.23. The van der Waals surface area contributed by atoms with Gasteiger partial charge in [0.2, 0.25) is 0 Å². The summed E-state index contributed by atoms with van der Waals surface area (Å²) < 4.78 is 5.18. The molecule has 0 aliphatic heterocycles. The molecule has 27 heavy (non-hydrogen) atoms. The standard InChI is InChI=1S/C21H23NO4S/c1-14-4-10-19(11-5-14)27-13-12-20(24)26-16(3)21(25)22-18-8-6-17(7-9-18)15(2)23/h4-11,16H,12-13H2,1-3H3,(H,22,25)/t16-/m0/s1. The summed E-state index contributed by atoms with van der Waals surface area (Å²) in [6.45, 7) is 5.03. The van der Waals surface area contributed by atoms with Crippen molar-refractivity contribution < 1.29 is 19.1 Å². The summed E-state index contributed by atoms with van der Waals surface area (Å²) in [7, 11) is 0. The van der Waals surface area contributed by atoms with Gasteiger partial charge in [-0.3, -0.25) is 14.4 Å². The number of esters is 1. The van der Waals surface area contributed by atoms with E-state index in [2.05, 4.69) is 5.32 Å². The van der Waals surface area contributed by atoms with Gasteiger partial charge in [0.05, 0.1) is 6.42 Å². The zero-order valence-electron chi connectivity index (χ0n) is 15.7. The van der Waals surface area contributed by atoms with Crippen LogP contribution in [-0.2, 0) is 14.3 Å². The van der Waals surface area contributed by atoms with Crippen molar-refractivity contribution in [2.75, 3.05) is 11.1 Å². The van der Waals surface area contributed by atoms with Gasteiger partial charge in [-0.15, -0.1) is 11.8 Å². The number of carbonyl (C=O) groups is 3. The van der Waals surface area contributed by atoms with Crippen molar-refractivity contribution in [2.45, 2.75) is 38.2 Å². The summed E-state index contributed by atoms with van der Waals surface area (Å²) in [6.07, 6.45) is -0.668. The molecule has 2 aromatic carbocycles. The largest absolute Gasteiger partial charge is 0.453 e. The lowest BCUT2D eigenvalue weighted by Gasteiger charge is -2.13. The Bertz CT molecular complexity index is 800. The first-order chi connectivity index (χ1) is 12.8. The van der Waals surface area contributed by atoms with Crippen LogP contribution in [0.2, 0.25) is 0 Å². The number of carbonyl (C=O) groups excluding carboxylic acids is 3. The Morgan fingerprint density at radius 2 is 1.67 bits per heavy atom. The SMILES string of the molecule is CC(=O)c1ccc(NC(=O)[C@H](C)OC(=O)CCSc2ccc(C)cc2)cc1. The minimum Gasteiger partial charge on any atom is -0.453 e. The Labute approximate surface area is 163 Å². The van der Waals surface area contributed by atoms with Crippen molar-refractivity contribution in [3.63, 3.8) is 0 Å². The number of ether oxygens (including phenoxy) is 1. The molecule has 2 rings (SSSR count). The van der Waals surface area contributed by atoms with Crippen molar-refractivity contribution >= 4 is 35.1 Å². The number of aryl methyl sites for hydroxylation is 1. The fourth-order valence-corrected chi connectivity index (χ4v) is 3.06. The van der Waals surface area contributed by atoms with Crippen molar-refractivity contribution in [2.24, 2.45) is 0 Å². The molecule has 1 atom stereocenters. The van der Waals surface area contributed by atoms with Gasteiger partial charge in [0.15, 0.2) is 11.9 Å². The monoisotopic (exact) mass is 385 g/mol. The highest BCUT2D eigenvalue weighted by Gasteiger charge is 2.18. The molecule has 0 heterocycles. The van der Waals surface area contributed by atoms with E-state index in [9.17, 15) is 14.4 Å². The number of hydrogen-bond donors (Lipinski definition) is 1. The first-order valence-corrected chi connectivity index (χ1v) is 9.64. The number of amides is 1. The molecule has 6 heteroatoms. The molecular formula is C21H23NO4S. The van der Waals surface area contributed by atoms with Gasteiger partial charge < -0.3 is 10.1 Å². The molecule has 5 nitrogen and oxygen atoms in total. The molecule has 2 aromatic rings. The molecule has 0 saturated heterocycles. The molecule has 0 bridgehead atoms. The van der Waals surface area contributed by atoms with Crippen LogP contribution < -0.4 is 5.32 Å². The van der Waals surface area contributed by atoms with Gasteiger partial charge in [0.1, 0.15) is 0 Å². The summed E-state index contributed by atoms with van der Waals surface area (Å²) in [4.78, 5) is 36.4. The quantitative estimate of drug-likeness (QED) is 0.418. The molecule has 0 saturated carbocycles. The van der Waals surface area contributed by atoms with E-state index < -0.39 is 18.0 Å². The smallest absolute Gasteiger partial charge is 0.307 e. The van der Waals surface area contributed by atoms with Gasteiger partial charge in [-0.25, -0.2) is 0 Å². The van der Waals surface area contributed by atoms with Gasteiger partial charge in [0, 0.05) is 21.9 Å². The Kier molecular flexibility index (Phi) is 7.61. The lowest BCUT2D eigenvalue weighted by atomic mass is 10.1. The first-order valence-electron chi connectivity index (χ1n) is 8.66. The number of hydrogen-bond acceptors (Lipinski definition) is 5. The van der Waals surface area contributed by atoms with Crippen molar-refractivity contribution in [1.82, 2.24) is 0 Å². The van der Waals surface area contributed by atoms with E-state index in [1.807, 2.05) is 31.2 Å². The zero-order valence-corrected chi connectivity index (χ0v) is 16.5. The van der Waals surface area contributed by atoms with Crippen LogP contribution in [-0.4, -0.2) is 29.5 Å². The third-order valence-electron chi connectivity index (χ3n) is 3.83. The van der Waals surface area contributed by atoms with Crippen LogP contribution in [0.1, 0.15) is 36.2 Å². The van der Waals surface area contributed by atoms with Crippen molar-refractivity contribution in [3.05, 3.63) is 59.7 Å². The summed E-state index contributed by atoms with van der Waals surface area (Å²) in [5, 5.41) is 2.67. The lowest BCUT2D eigenvalue weighted by molar-refractivity contribution is -0.152. The second kappa shape index (κ2) is 9.92. The van der Waals surface area contributed by atoms with Crippen LogP contribution >= 0.6 is 11.8 Å². The Morgan fingerprint density at radius 3 is 2.26 bits per heavy atom. The molecule has 0 aromatic heterocycles. The summed E-state index contributed by atoms with van der Waals surface area (Å²) in [5.74, 6) is -0.282. The minimum absolute atomic E-state index is 0.0429. The van der Waals surface area contributed by atoms with Crippen LogP contribution in [0.25, 0.3) is 0 Å². The number of Topliss-reactive ketones (excluding diaryl/α,β-unsaturated/α-hetero) is 1. The highest BCUT2D eigenvalue weighted by atomic mass is 32.2. The number of thioether (sulfide) groups is 1. The highest BCUT2D eigenvalue weighted by molar-refractivity contribution is 7.99. The molecular weight excluding hydrogens is 362 g/mol. The summed E-state index contributed by atoms with van der Waals surface area (Å²) >= 11 is 1.57. The molecule has 0 fully saturated rings. The number of nitrogens with one attached hydrogen (secondary N) is 1. The number of ketones is 1. The third-order valence-corrected chi connectivity index (χ3v) is 4.85. The van der Waals surface area contributed by atoms with Crippen molar-refractivity contribution in [1.29, 1.82) is 0 Å². The second-order valence-electron chi connectivity index (χ2n) is 6.17. The maximum Gasteiger partial charge on any atom is 0.307 e. The zero-order chi connectivity index (χ0) is 19.8. The lowest BCUT2D eigenvalue weighted by Crippen LogP contribution is -2.30. The van der Waals surface area contributed by atoms with Crippen LogP contribution in [0.5, 0.6) is 0 Å². The Morgan fingerprint density at radius 1 is 1.04 bits per heavy atom. The number of rotatable bonds is 8. The van der Waals surface area contributed by atoms with E-state index in [0.29, 0.717) is 17.0 Å². The normalized spacial score (nSPS) is 11.5. The average molecular weight is 385 g/mol. The molecule has 142 valence electrons. The van der Waals surface area contributed by atoms with Gasteiger partial charge in [-0.1, -0.05) is 17.7 Å². The van der Waals surface area contributed by atoms with Crippen molar-refractivity contribution in [3.8, 4) is 0 Å². The molecule has 0 unspecified atom stereocenters.